The molecule has 0 aliphatic rings. The molecule has 0 amide bonds. The molecular formula is C11H13BrN2O5. The predicted octanol–water partition coefficient (Wildman–Crippen LogP) is 1.86. The van der Waals surface area contributed by atoms with Crippen LogP contribution in [0.15, 0.2) is 21.5 Å². The van der Waals surface area contributed by atoms with Gasteiger partial charge in [0.05, 0.1) is 11.5 Å². The van der Waals surface area contributed by atoms with Crippen LogP contribution in [0, 0.1) is 10.1 Å². The van der Waals surface area contributed by atoms with Crippen LogP contribution in [0.4, 0.5) is 5.69 Å². The van der Waals surface area contributed by atoms with Gasteiger partial charge in [-0.15, -0.1) is 0 Å². The second kappa shape index (κ2) is 7.03. The van der Waals surface area contributed by atoms with Crippen molar-refractivity contribution in [2.75, 3.05) is 6.61 Å². The van der Waals surface area contributed by atoms with Crippen LogP contribution in [0.5, 0.6) is 0 Å². The lowest BCUT2D eigenvalue weighted by atomic mass is 10.4. The van der Waals surface area contributed by atoms with Gasteiger partial charge in [0.2, 0.25) is 0 Å². The fourth-order valence-corrected chi connectivity index (χ4v) is 1.81. The van der Waals surface area contributed by atoms with E-state index in [9.17, 15) is 19.7 Å². The minimum absolute atomic E-state index is 0.278. The van der Waals surface area contributed by atoms with E-state index in [-0.39, 0.29) is 13.2 Å². The second-order valence-electron chi connectivity index (χ2n) is 3.81. The Labute approximate surface area is 117 Å². The van der Waals surface area contributed by atoms with Crippen molar-refractivity contribution < 1.29 is 14.5 Å². The van der Waals surface area contributed by atoms with Crippen molar-refractivity contribution in [3.8, 4) is 0 Å². The molecule has 7 nitrogen and oxygen atoms in total. The van der Waals surface area contributed by atoms with Gasteiger partial charge in [-0.3, -0.25) is 24.3 Å². The molecule has 0 aromatic carbocycles. The Morgan fingerprint density at radius 1 is 1.58 bits per heavy atom. The summed E-state index contributed by atoms with van der Waals surface area (Å²) in [6, 6.07) is 1.10. The fourth-order valence-electron chi connectivity index (χ4n) is 1.35. The summed E-state index contributed by atoms with van der Waals surface area (Å²) in [4.78, 5) is 33.1. The molecular weight excluding hydrogens is 320 g/mol. The first kappa shape index (κ1) is 15.4. The van der Waals surface area contributed by atoms with Gasteiger partial charge >= 0.3 is 17.2 Å². The molecule has 0 aliphatic carbocycles. The Morgan fingerprint density at radius 2 is 2.26 bits per heavy atom. The van der Waals surface area contributed by atoms with Crippen LogP contribution in [0.3, 0.4) is 0 Å². The van der Waals surface area contributed by atoms with Crippen molar-refractivity contribution in [3.05, 3.63) is 37.2 Å². The molecule has 104 valence electrons. The van der Waals surface area contributed by atoms with E-state index < -0.39 is 22.1 Å². The summed E-state index contributed by atoms with van der Waals surface area (Å²) >= 11 is 3.05. The highest BCUT2D eigenvalue weighted by molar-refractivity contribution is 9.10. The van der Waals surface area contributed by atoms with Crippen molar-refractivity contribution in [3.63, 3.8) is 0 Å². The van der Waals surface area contributed by atoms with Gasteiger partial charge in [-0.05, 0) is 22.4 Å². The SMILES string of the molecule is CCCCOC(=O)Cn1cc(Br)cc([N+](=O)[O-])c1=O. The minimum atomic E-state index is -0.833. The number of esters is 1. The zero-order valence-corrected chi connectivity index (χ0v) is 11.9. The Hall–Kier alpha value is -1.70. The molecule has 0 aliphatic heterocycles. The molecule has 1 aromatic heterocycles. The maximum Gasteiger partial charge on any atom is 0.335 e. The molecule has 19 heavy (non-hydrogen) atoms. The second-order valence-corrected chi connectivity index (χ2v) is 4.72. The molecule has 0 bridgehead atoms. The Morgan fingerprint density at radius 3 is 2.84 bits per heavy atom. The summed E-state index contributed by atoms with van der Waals surface area (Å²) in [6.07, 6.45) is 2.94. The van der Waals surface area contributed by atoms with E-state index in [1.807, 2.05) is 6.92 Å². The zero-order chi connectivity index (χ0) is 14.4. The molecule has 0 radical (unpaired) electrons. The Balaban J connectivity index is 2.87. The average molecular weight is 333 g/mol. The fraction of sp³-hybridized carbons (Fsp3) is 0.455. The van der Waals surface area contributed by atoms with E-state index >= 15 is 0 Å². The number of halogens is 1. The lowest BCUT2D eigenvalue weighted by molar-refractivity contribution is -0.386. The van der Waals surface area contributed by atoms with Crippen LogP contribution in [0.25, 0.3) is 0 Å². The molecule has 1 heterocycles. The number of ether oxygens (including phenoxy) is 1. The number of nitrogens with zero attached hydrogens (tertiary/aromatic N) is 2. The number of rotatable bonds is 6. The lowest BCUT2D eigenvalue weighted by Crippen LogP contribution is -2.26. The summed E-state index contributed by atoms with van der Waals surface area (Å²) in [5, 5.41) is 10.7. The number of aromatic nitrogens is 1. The molecule has 0 fully saturated rings. The number of hydrogen-bond acceptors (Lipinski definition) is 5. The van der Waals surface area contributed by atoms with Crippen LogP contribution >= 0.6 is 15.9 Å². The third kappa shape index (κ3) is 4.47. The first-order chi connectivity index (χ1) is 8.95. The maximum absolute atomic E-state index is 11.7. The van der Waals surface area contributed by atoms with Crippen LogP contribution in [0.2, 0.25) is 0 Å². The largest absolute Gasteiger partial charge is 0.464 e. The van der Waals surface area contributed by atoms with E-state index in [0.29, 0.717) is 4.47 Å². The van der Waals surface area contributed by atoms with Gasteiger partial charge in [-0.25, -0.2) is 0 Å². The van der Waals surface area contributed by atoms with Gasteiger partial charge < -0.3 is 4.74 Å². The number of carbonyl (C=O) groups excluding carboxylic acids is 1. The predicted molar refractivity (Wildman–Crippen MR) is 70.9 cm³/mol. The third-order valence-electron chi connectivity index (χ3n) is 2.29. The highest BCUT2D eigenvalue weighted by Crippen LogP contribution is 2.13. The summed E-state index contributed by atoms with van der Waals surface area (Å²) in [6.45, 7) is 1.89. The third-order valence-corrected chi connectivity index (χ3v) is 2.72. The molecule has 0 spiro atoms. The van der Waals surface area contributed by atoms with Gasteiger partial charge in [0.25, 0.3) is 0 Å². The lowest BCUT2D eigenvalue weighted by Gasteiger charge is -2.06. The van der Waals surface area contributed by atoms with Crippen LogP contribution in [-0.4, -0.2) is 22.1 Å². The Bertz CT molecular complexity index is 540. The van der Waals surface area contributed by atoms with E-state index in [2.05, 4.69) is 15.9 Å². The number of nitro groups is 1. The molecule has 0 atom stereocenters. The summed E-state index contributed by atoms with van der Waals surface area (Å²) in [5.41, 5.74) is -1.42. The van der Waals surface area contributed by atoms with Crippen LogP contribution in [0.1, 0.15) is 19.8 Å². The van der Waals surface area contributed by atoms with Crippen molar-refractivity contribution >= 4 is 27.6 Å². The average Bonchev–Trinajstić information content (AvgIpc) is 2.33. The highest BCUT2D eigenvalue weighted by atomic mass is 79.9. The minimum Gasteiger partial charge on any atom is -0.464 e. The normalized spacial score (nSPS) is 10.2. The van der Waals surface area contributed by atoms with Crippen molar-refractivity contribution in [2.24, 2.45) is 0 Å². The van der Waals surface area contributed by atoms with Gasteiger partial charge in [0, 0.05) is 16.7 Å². The van der Waals surface area contributed by atoms with Crippen molar-refractivity contribution in [1.29, 1.82) is 0 Å². The number of unbranched alkanes of at least 4 members (excludes halogenated alkanes) is 1. The standard InChI is InChI=1S/C11H13BrN2O5/c1-2-3-4-19-10(15)7-13-6-8(12)5-9(11(13)16)14(17)18/h5-6H,2-4,7H2,1H3. The molecule has 0 saturated heterocycles. The van der Waals surface area contributed by atoms with Crippen molar-refractivity contribution in [1.82, 2.24) is 4.57 Å². The smallest absolute Gasteiger partial charge is 0.335 e. The molecule has 1 aromatic rings. The van der Waals surface area contributed by atoms with E-state index in [0.717, 1.165) is 23.5 Å². The first-order valence-electron chi connectivity index (χ1n) is 5.65. The molecule has 0 saturated carbocycles. The number of pyridine rings is 1. The van der Waals surface area contributed by atoms with Gasteiger partial charge in [-0.1, -0.05) is 13.3 Å². The van der Waals surface area contributed by atoms with E-state index in [1.54, 1.807) is 0 Å². The number of hydrogen-bond donors (Lipinski definition) is 0. The quantitative estimate of drug-likeness (QED) is 0.343. The zero-order valence-electron chi connectivity index (χ0n) is 10.3. The van der Waals surface area contributed by atoms with Gasteiger partial charge in [0.1, 0.15) is 6.54 Å². The Kier molecular flexibility index (Phi) is 5.68. The summed E-state index contributed by atoms with van der Waals surface area (Å²) in [5.74, 6) is -0.594. The molecule has 1 rings (SSSR count). The monoisotopic (exact) mass is 332 g/mol. The maximum atomic E-state index is 11.7. The first-order valence-corrected chi connectivity index (χ1v) is 6.45. The topological polar surface area (TPSA) is 91.4 Å². The van der Waals surface area contributed by atoms with E-state index in [1.165, 1.54) is 6.20 Å². The molecule has 0 unspecified atom stereocenters. The highest BCUT2D eigenvalue weighted by Gasteiger charge is 2.17. The van der Waals surface area contributed by atoms with Crippen molar-refractivity contribution in [2.45, 2.75) is 26.3 Å². The molecule has 0 N–H and O–H groups in total. The van der Waals surface area contributed by atoms with Crippen LogP contribution in [-0.2, 0) is 16.1 Å². The summed E-state index contributed by atoms with van der Waals surface area (Å²) in [7, 11) is 0. The summed E-state index contributed by atoms with van der Waals surface area (Å²) < 4.78 is 6.20. The van der Waals surface area contributed by atoms with Gasteiger partial charge in [0.15, 0.2) is 0 Å². The van der Waals surface area contributed by atoms with E-state index in [4.69, 9.17) is 4.74 Å². The van der Waals surface area contributed by atoms with Gasteiger partial charge in [-0.2, -0.15) is 0 Å². The number of carbonyl (C=O) groups is 1. The molecule has 8 heteroatoms. The van der Waals surface area contributed by atoms with Crippen LogP contribution < -0.4 is 5.56 Å².